The average molecular weight is 275 g/mol. The molecule has 2 aliphatic rings. The van der Waals surface area contributed by atoms with Gasteiger partial charge in [0.25, 0.3) is 0 Å². The van der Waals surface area contributed by atoms with Gasteiger partial charge in [-0.05, 0) is 42.7 Å². The van der Waals surface area contributed by atoms with Crippen LogP contribution in [0.4, 0.5) is 0 Å². The highest BCUT2D eigenvalue weighted by molar-refractivity contribution is 7.98. The van der Waals surface area contributed by atoms with Crippen LogP contribution >= 0.6 is 11.8 Å². The van der Waals surface area contributed by atoms with Gasteiger partial charge >= 0.3 is 0 Å². The number of carbonyl (C=O) groups excluding carboxylic acids is 1. The van der Waals surface area contributed by atoms with Crippen LogP contribution in [0.2, 0.25) is 0 Å². The van der Waals surface area contributed by atoms with Crippen LogP contribution in [0.15, 0.2) is 18.2 Å². The Labute approximate surface area is 119 Å². The highest BCUT2D eigenvalue weighted by atomic mass is 32.2. The molecule has 1 aromatic rings. The molecule has 1 aromatic carbocycles. The zero-order valence-electron chi connectivity index (χ0n) is 11.9. The molecule has 1 amide bonds. The molecule has 1 aliphatic carbocycles. The van der Waals surface area contributed by atoms with Crippen molar-refractivity contribution in [3.8, 4) is 0 Å². The van der Waals surface area contributed by atoms with E-state index in [0.29, 0.717) is 10.7 Å². The van der Waals surface area contributed by atoms with Gasteiger partial charge in [0.2, 0.25) is 5.91 Å². The Morgan fingerprint density at radius 1 is 1.42 bits per heavy atom. The lowest BCUT2D eigenvalue weighted by atomic mass is 9.85. The van der Waals surface area contributed by atoms with Crippen LogP contribution in [-0.4, -0.2) is 23.6 Å². The third kappa shape index (κ3) is 2.18. The van der Waals surface area contributed by atoms with Crippen LogP contribution in [0.5, 0.6) is 0 Å². The van der Waals surface area contributed by atoms with Gasteiger partial charge in [0.05, 0.1) is 0 Å². The van der Waals surface area contributed by atoms with Crippen molar-refractivity contribution < 1.29 is 4.79 Å². The number of rotatable bonds is 2. The SMILES string of the molecule is CSC(C)c1ccc2c(c1)CN(C(C)=O)CC21CC1. The first-order valence-corrected chi connectivity index (χ1v) is 8.26. The Kier molecular flexibility index (Phi) is 3.12. The lowest BCUT2D eigenvalue weighted by molar-refractivity contribution is -0.130. The largest absolute Gasteiger partial charge is 0.338 e. The molecule has 1 fully saturated rings. The number of hydrogen-bond acceptors (Lipinski definition) is 2. The van der Waals surface area contributed by atoms with Crippen molar-refractivity contribution in [2.75, 3.05) is 12.8 Å². The predicted molar refractivity (Wildman–Crippen MR) is 80.4 cm³/mol. The molecule has 1 atom stereocenters. The molecule has 0 N–H and O–H groups in total. The van der Waals surface area contributed by atoms with E-state index in [-0.39, 0.29) is 5.91 Å². The summed E-state index contributed by atoms with van der Waals surface area (Å²) in [6.07, 6.45) is 4.62. The van der Waals surface area contributed by atoms with E-state index in [0.717, 1.165) is 13.1 Å². The van der Waals surface area contributed by atoms with E-state index in [2.05, 4.69) is 31.4 Å². The van der Waals surface area contributed by atoms with Crippen LogP contribution < -0.4 is 0 Å². The van der Waals surface area contributed by atoms with Gasteiger partial charge in [-0.25, -0.2) is 0 Å². The van der Waals surface area contributed by atoms with Crippen molar-refractivity contribution in [1.82, 2.24) is 4.90 Å². The molecule has 0 saturated heterocycles. The molecule has 1 unspecified atom stereocenters. The van der Waals surface area contributed by atoms with Crippen molar-refractivity contribution in [2.45, 2.75) is 43.9 Å². The lowest BCUT2D eigenvalue weighted by Gasteiger charge is -2.35. The molecule has 102 valence electrons. The van der Waals surface area contributed by atoms with Gasteiger partial charge in [-0.1, -0.05) is 18.2 Å². The highest BCUT2D eigenvalue weighted by Crippen LogP contribution is 2.52. The Morgan fingerprint density at radius 2 is 2.16 bits per heavy atom. The topological polar surface area (TPSA) is 20.3 Å². The standard InChI is InChI=1S/C16H21NOS/c1-11(19-3)13-4-5-15-14(8-13)9-17(12(2)18)10-16(15)6-7-16/h4-5,8,11H,6-7,9-10H2,1-3H3. The lowest BCUT2D eigenvalue weighted by Crippen LogP contribution is -2.40. The van der Waals surface area contributed by atoms with E-state index in [1.54, 1.807) is 6.92 Å². The van der Waals surface area contributed by atoms with Crippen LogP contribution in [0.1, 0.15) is 48.6 Å². The molecule has 1 spiro atoms. The summed E-state index contributed by atoms with van der Waals surface area (Å²) in [4.78, 5) is 13.7. The Hall–Kier alpha value is -0.960. The quantitative estimate of drug-likeness (QED) is 0.823. The average Bonchev–Trinajstić information content (AvgIpc) is 3.17. The summed E-state index contributed by atoms with van der Waals surface area (Å²) in [5.74, 6) is 0.209. The molecule has 3 heteroatoms. The number of carbonyl (C=O) groups is 1. The maximum absolute atomic E-state index is 11.7. The van der Waals surface area contributed by atoms with Crippen LogP contribution in [-0.2, 0) is 16.8 Å². The maximum Gasteiger partial charge on any atom is 0.219 e. The molecule has 1 saturated carbocycles. The van der Waals surface area contributed by atoms with Crippen LogP contribution in [0.25, 0.3) is 0 Å². The minimum absolute atomic E-state index is 0.209. The number of nitrogens with zero attached hydrogens (tertiary/aromatic N) is 1. The first kappa shape index (κ1) is 13.0. The van der Waals surface area contributed by atoms with E-state index < -0.39 is 0 Å². The Balaban J connectivity index is 1.99. The smallest absolute Gasteiger partial charge is 0.219 e. The van der Waals surface area contributed by atoms with Gasteiger partial charge in [-0.2, -0.15) is 11.8 Å². The van der Waals surface area contributed by atoms with Crippen molar-refractivity contribution in [2.24, 2.45) is 0 Å². The second kappa shape index (κ2) is 4.55. The molecular weight excluding hydrogens is 254 g/mol. The second-order valence-corrected chi connectivity index (χ2v) is 7.13. The van der Waals surface area contributed by atoms with E-state index in [1.807, 2.05) is 16.7 Å². The number of benzene rings is 1. The molecule has 19 heavy (non-hydrogen) atoms. The highest BCUT2D eigenvalue weighted by Gasteiger charge is 2.49. The monoisotopic (exact) mass is 275 g/mol. The van der Waals surface area contributed by atoms with Gasteiger partial charge in [0, 0.05) is 30.7 Å². The van der Waals surface area contributed by atoms with Gasteiger partial charge in [-0.15, -0.1) is 0 Å². The summed E-state index contributed by atoms with van der Waals surface area (Å²) in [5.41, 5.74) is 4.55. The molecule has 0 aromatic heterocycles. The predicted octanol–water partition coefficient (Wildman–Crippen LogP) is 3.50. The fourth-order valence-corrected chi connectivity index (χ4v) is 3.58. The first-order valence-electron chi connectivity index (χ1n) is 6.97. The van der Waals surface area contributed by atoms with Crippen molar-refractivity contribution in [3.63, 3.8) is 0 Å². The van der Waals surface area contributed by atoms with Gasteiger partial charge in [-0.3, -0.25) is 4.79 Å². The van der Waals surface area contributed by atoms with Crippen molar-refractivity contribution >= 4 is 17.7 Å². The molecular formula is C16H21NOS. The van der Waals surface area contributed by atoms with Crippen molar-refractivity contribution in [1.29, 1.82) is 0 Å². The van der Waals surface area contributed by atoms with Gasteiger partial charge in [0.15, 0.2) is 0 Å². The fourth-order valence-electron chi connectivity index (χ4n) is 3.16. The number of amides is 1. The molecule has 3 rings (SSSR count). The van der Waals surface area contributed by atoms with Crippen molar-refractivity contribution in [3.05, 3.63) is 34.9 Å². The molecule has 1 heterocycles. The maximum atomic E-state index is 11.7. The number of thioether (sulfide) groups is 1. The van der Waals surface area contributed by atoms with Gasteiger partial charge in [0.1, 0.15) is 0 Å². The van der Waals surface area contributed by atoms with E-state index in [9.17, 15) is 4.79 Å². The minimum atomic E-state index is 0.209. The zero-order chi connectivity index (χ0) is 13.6. The van der Waals surface area contributed by atoms with E-state index >= 15 is 0 Å². The second-order valence-electron chi connectivity index (χ2n) is 5.95. The third-order valence-electron chi connectivity index (χ3n) is 4.68. The number of hydrogen-bond donors (Lipinski definition) is 0. The van der Waals surface area contributed by atoms with E-state index in [1.165, 1.54) is 29.5 Å². The fraction of sp³-hybridized carbons (Fsp3) is 0.562. The summed E-state index contributed by atoms with van der Waals surface area (Å²) < 4.78 is 0. The van der Waals surface area contributed by atoms with Gasteiger partial charge < -0.3 is 4.90 Å². The Morgan fingerprint density at radius 3 is 2.74 bits per heavy atom. The molecule has 0 bridgehead atoms. The molecule has 0 radical (unpaired) electrons. The summed E-state index contributed by atoms with van der Waals surface area (Å²) in [5, 5.41) is 0.521. The third-order valence-corrected chi connectivity index (χ3v) is 5.66. The van der Waals surface area contributed by atoms with Crippen LogP contribution in [0, 0.1) is 0 Å². The minimum Gasteiger partial charge on any atom is -0.338 e. The zero-order valence-corrected chi connectivity index (χ0v) is 12.7. The van der Waals surface area contributed by atoms with Crippen LogP contribution in [0.3, 0.4) is 0 Å². The number of fused-ring (bicyclic) bond motifs is 2. The molecule has 1 aliphatic heterocycles. The summed E-state index contributed by atoms with van der Waals surface area (Å²) in [6, 6.07) is 6.93. The molecule has 2 nitrogen and oxygen atoms in total. The van der Waals surface area contributed by atoms with E-state index in [4.69, 9.17) is 0 Å². The normalized spacial score (nSPS) is 21.1. The summed E-state index contributed by atoms with van der Waals surface area (Å²) in [7, 11) is 0. The Bertz CT molecular complexity index is 521. The summed E-state index contributed by atoms with van der Waals surface area (Å²) in [6.45, 7) is 5.65. The first-order chi connectivity index (χ1) is 9.05. The summed E-state index contributed by atoms with van der Waals surface area (Å²) >= 11 is 1.87.